The summed E-state index contributed by atoms with van der Waals surface area (Å²) < 4.78 is 5.22. The average Bonchev–Trinajstić information content (AvgIpc) is 2.91. The number of rotatable bonds is 4. The highest BCUT2D eigenvalue weighted by molar-refractivity contribution is 5.82. The molecule has 0 N–H and O–H groups in total. The standard InChI is InChI=1S/C15H19NO2/c1-13(16-9-5-6-10-16)11-15(17)18-12-14-7-3-2-4-8-14/h2-4,7-8,11H,5-6,9-10,12H2,1H3/b13-11-. The minimum atomic E-state index is -0.261. The SMILES string of the molecule is C/C(=C/C(=O)OCc1ccccc1)N1CCCC1. The monoisotopic (exact) mass is 245 g/mol. The van der Waals surface area contributed by atoms with Crippen LogP contribution in [0.15, 0.2) is 42.1 Å². The van der Waals surface area contributed by atoms with Gasteiger partial charge in [-0.3, -0.25) is 0 Å². The first kappa shape index (κ1) is 12.7. The summed E-state index contributed by atoms with van der Waals surface area (Å²) in [6.45, 7) is 4.40. The van der Waals surface area contributed by atoms with Crippen molar-refractivity contribution in [2.45, 2.75) is 26.4 Å². The van der Waals surface area contributed by atoms with Crippen LogP contribution >= 0.6 is 0 Å². The molecule has 1 heterocycles. The van der Waals surface area contributed by atoms with Crippen LogP contribution in [0.2, 0.25) is 0 Å². The van der Waals surface area contributed by atoms with Crippen LogP contribution in [0.25, 0.3) is 0 Å². The second-order valence-electron chi connectivity index (χ2n) is 4.57. The molecule has 1 aromatic carbocycles. The molecule has 3 heteroatoms. The van der Waals surface area contributed by atoms with E-state index in [9.17, 15) is 4.79 Å². The third-order valence-electron chi connectivity index (χ3n) is 3.16. The number of allylic oxidation sites excluding steroid dienone is 1. The van der Waals surface area contributed by atoms with E-state index >= 15 is 0 Å². The third-order valence-corrected chi connectivity index (χ3v) is 3.16. The van der Waals surface area contributed by atoms with Crippen LogP contribution in [0.5, 0.6) is 0 Å². The topological polar surface area (TPSA) is 29.5 Å². The first-order valence-electron chi connectivity index (χ1n) is 6.39. The Kier molecular flexibility index (Phi) is 4.40. The summed E-state index contributed by atoms with van der Waals surface area (Å²) in [4.78, 5) is 13.9. The molecule has 2 rings (SSSR count). The summed E-state index contributed by atoms with van der Waals surface area (Å²) in [5, 5.41) is 0. The molecule has 3 nitrogen and oxygen atoms in total. The van der Waals surface area contributed by atoms with Crippen molar-refractivity contribution in [3.8, 4) is 0 Å². The van der Waals surface area contributed by atoms with Crippen LogP contribution in [0, 0.1) is 0 Å². The number of carbonyl (C=O) groups excluding carboxylic acids is 1. The number of benzene rings is 1. The van der Waals surface area contributed by atoms with Crippen molar-refractivity contribution in [3.63, 3.8) is 0 Å². The lowest BCUT2D eigenvalue weighted by Gasteiger charge is -2.17. The van der Waals surface area contributed by atoms with E-state index in [1.807, 2.05) is 37.3 Å². The fourth-order valence-corrected chi connectivity index (χ4v) is 2.10. The molecule has 0 saturated carbocycles. The first-order valence-corrected chi connectivity index (χ1v) is 6.39. The van der Waals surface area contributed by atoms with Gasteiger partial charge >= 0.3 is 5.97 Å². The van der Waals surface area contributed by atoms with Crippen LogP contribution in [0.3, 0.4) is 0 Å². The lowest BCUT2D eigenvalue weighted by molar-refractivity contribution is -0.139. The molecule has 0 aromatic heterocycles. The van der Waals surface area contributed by atoms with E-state index in [4.69, 9.17) is 4.74 Å². The van der Waals surface area contributed by atoms with Crippen molar-refractivity contribution in [1.82, 2.24) is 4.90 Å². The maximum Gasteiger partial charge on any atom is 0.332 e. The van der Waals surface area contributed by atoms with Crippen molar-refractivity contribution >= 4 is 5.97 Å². The van der Waals surface area contributed by atoms with Crippen LogP contribution in [0.1, 0.15) is 25.3 Å². The largest absolute Gasteiger partial charge is 0.458 e. The predicted molar refractivity (Wildman–Crippen MR) is 70.8 cm³/mol. The smallest absolute Gasteiger partial charge is 0.332 e. The van der Waals surface area contributed by atoms with E-state index in [0.29, 0.717) is 6.61 Å². The Bertz CT molecular complexity index is 419. The van der Waals surface area contributed by atoms with Crippen LogP contribution in [-0.4, -0.2) is 24.0 Å². The lowest BCUT2D eigenvalue weighted by Crippen LogP contribution is -2.18. The summed E-state index contributed by atoms with van der Waals surface area (Å²) in [7, 11) is 0. The molecule has 1 aliphatic rings. The molecule has 0 bridgehead atoms. The number of hydrogen-bond acceptors (Lipinski definition) is 3. The van der Waals surface area contributed by atoms with E-state index < -0.39 is 0 Å². The van der Waals surface area contributed by atoms with E-state index in [2.05, 4.69) is 4.90 Å². The van der Waals surface area contributed by atoms with Gasteiger partial charge in [0.2, 0.25) is 0 Å². The second kappa shape index (κ2) is 6.24. The number of esters is 1. The minimum Gasteiger partial charge on any atom is -0.458 e. The van der Waals surface area contributed by atoms with Crippen LogP contribution in [-0.2, 0) is 16.1 Å². The zero-order valence-electron chi connectivity index (χ0n) is 10.8. The average molecular weight is 245 g/mol. The van der Waals surface area contributed by atoms with Gasteiger partial charge in [-0.1, -0.05) is 30.3 Å². The van der Waals surface area contributed by atoms with E-state index in [-0.39, 0.29) is 5.97 Å². The number of likely N-dealkylation sites (tertiary alicyclic amines) is 1. The summed E-state index contributed by atoms with van der Waals surface area (Å²) in [5.41, 5.74) is 2.02. The van der Waals surface area contributed by atoms with Crippen LogP contribution < -0.4 is 0 Å². The lowest BCUT2D eigenvalue weighted by atomic mass is 10.2. The quantitative estimate of drug-likeness (QED) is 0.603. The molecule has 1 aromatic rings. The molecule has 1 aliphatic heterocycles. The fraction of sp³-hybridized carbons (Fsp3) is 0.400. The van der Waals surface area contributed by atoms with Crippen LogP contribution in [0.4, 0.5) is 0 Å². The maximum absolute atomic E-state index is 11.7. The van der Waals surface area contributed by atoms with Gasteiger partial charge in [0.1, 0.15) is 6.61 Å². The molecule has 0 amide bonds. The minimum absolute atomic E-state index is 0.261. The molecule has 0 atom stereocenters. The summed E-state index contributed by atoms with van der Waals surface area (Å²) in [6, 6.07) is 9.72. The number of carbonyl (C=O) groups is 1. The molecule has 1 fully saturated rings. The van der Waals surface area contributed by atoms with Gasteiger partial charge in [0.25, 0.3) is 0 Å². The van der Waals surface area contributed by atoms with Gasteiger partial charge in [0, 0.05) is 24.9 Å². The normalized spacial score (nSPS) is 15.8. The van der Waals surface area contributed by atoms with Gasteiger partial charge in [-0.05, 0) is 25.3 Å². The highest BCUT2D eigenvalue weighted by atomic mass is 16.5. The van der Waals surface area contributed by atoms with Gasteiger partial charge < -0.3 is 9.64 Å². The molecule has 0 radical (unpaired) electrons. The van der Waals surface area contributed by atoms with E-state index in [0.717, 1.165) is 24.4 Å². The van der Waals surface area contributed by atoms with Gasteiger partial charge in [-0.25, -0.2) is 4.79 Å². The van der Waals surface area contributed by atoms with Crippen molar-refractivity contribution in [1.29, 1.82) is 0 Å². The second-order valence-corrected chi connectivity index (χ2v) is 4.57. The third kappa shape index (κ3) is 3.62. The van der Waals surface area contributed by atoms with E-state index in [1.54, 1.807) is 6.08 Å². The molecule has 1 saturated heterocycles. The Hall–Kier alpha value is -1.77. The van der Waals surface area contributed by atoms with Gasteiger partial charge in [0.15, 0.2) is 0 Å². The van der Waals surface area contributed by atoms with Crippen molar-refractivity contribution < 1.29 is 9.53 Å². The van der Waals surface area contributed by atoms with Crippen molar-refractivity contribution in [2.75, 3.05) is 13.1 Å². The highest BCUT2D eigenvalue weighted by Gasteiger charge is 2.12. The molecular formula is C15H19NO2. The zero-order chi connectivity index (χ0) is 12.8. The highest BCUT2D eigenvalue weighted by Crippen LogP contribution is 2.14. The Labute approximate surface area is 108 Å². The predicted octanol–water partition coefficient (Wildman–Crippen LogP) is 2.73. The Morgan fingerprint density at radius 2 is 1.94 bits per heavy atom. The molecule has 0 unspecified atom stereocenters. The molecule has 96 valence electrons. The van der Waals surface area contributed by atoms with Crippen molar-refractivity contribution in [3.05, 3.63) is 47.7 Å². The molecular weight excluding hydrogens is 226 g/mol. The number of nitrogens with zero attached hydrogens (tertiary/aromatic N) is 1. The Balaban J connectivity index is 1.83. The number of hydrogen-bond donors (Lipinski definition) is 0. The summed E-state index contributed by atoms with van der Waals surface area (Å²) in [6.07, 6.45) is 4.02. The molecule has 0 spiro atoms. The Morgan fingerprint density at radius 1 is 1.28 bits per heavy atom. The first-order chi connectivity index (χ1) is 8.75. The fourth-order valence-electron chi connectivity index (χ4n) is 2.10. The van der Waals surface area contributed by atoms with Gasteiger partial charge in [-0.15, -0.1) is 0 Å². The molecule has 18 heavy (non-hydrogen) atoms. The van der Waals surface area contributed by atoms with E-state index in [1.165, 1.54) is 12.8 Å². The van der Waals surface area contributed by atoms with Crippen molar-refractivity contribution in [2.24, 2.45) is 0 Å². The zero-order valence-corrected chi connectivity index (χ0v) is 10.8. The molecule has 0 aliphatic carbocycles. The van der Waals surface area contributed by atoms with Gasteiger partial charge in [0.05, 0.1) is 0 Å². The Morgan fingerprint density at radius 3 is 2.61 bits per heavy atom. The van der Waals surface area contributed by atoms with Gasteiger partial charge in [-0.2, -0.15) is 0 Å². The number of ether oxygens (including phenoxy) is 1. The summed E-state index contributed by atoms with van der Waals surface area (Å²) >= 11 is 0. The maximum atomic E-state index is 11.7. The summed E-state index contributed by atoms with van der Waals surface area (Å²) in [5.74, 6) is -0.261.